The Morgan fingerprint density at radius 1 is 1.71 bits per heavy atom. The average molecular weight is 365 g/mol. The van der Waals surface area contributed by atoms with Crippen LogP contribution in [-0.4, -0.2) is 19.1 Å². The molecule has 1 aliphatic rings. The Kier molecular flexibility index (Phi) is 4.43. The second-order valence-corrected chi connectivity index (χ2v) is 7.32. The first-order valence-corrected chi connectivity index (χ1v) is 7.63. The van der Waals surface area contributed by atoms with Crippen molar-refractivity contribution in [2.24, 2.45) is 0 Å². The summed E-state index contributed by atoms with van der Waals surface area (Å²) in [5.41, 5.74) is 1.38. The maximum absolute atomic E-state index is 11.4. The third-order valence-electron chi connectivity index (χ3n) is 3.09. The standard InChI is InChI=1S/C12H16INO2S/c1-7(12(15)16-2)14-9-4-3-5-10-8(9)6-11(13)17-10/h6-7,9,14H,3-5H2,1-2H3/t7-,9?/m0/s1. The highest BCUT2D eigenvalue weighted by Crippen LogP contribution is 2.36. The Hall–Kier alpha value is -0.140. The summed E-state index contributed by atoms with van der Waals surface area (Å²) in [6.07, 6.45) is 3.46. The van der Waals surface area contributed by atoms with Crippen molar-refractivity contribution in [3.8, 4) is 0 Å². The zero-order valence-corrected chi connectivity index (χ0v) is 12.9. The van der Waals surface area contributed by atoms with E-state index in [9.17, 15) is 4.79 Å². The molecule has 2 rings (SSSR count). The zero-order chi connectivity index (χ0) is 12.4. The second-order valence-electron chi connectivity index (χ2n) is 4.29. The van der Waals surface area contributed by atoms with Gasteiger partial charge in [-0.3, -0.25) is 10.1 Å². The van der Waals surface area contributed by atoms with Gasteiger partial charge >= 0.3 is 5.97 Å². The lowest BCUT2D eigenvalue weighted by Crippen LogP contribution is -2.38. The Morgan fingerprint density at radius 3 is 3.18 bits per heavy atom. The van der Waals surface area contributed by atoms with Gasteiger partial charge < -0.3 is 4.74 Å². The summed E-state index contributed by atoms with van der Waals surface area (Å²) < 4.78 is 6.07. The van der Waals surface area contributed by atoms with Gasteiger partial charge in [0.05, 0.1) is 9.99 Å². The van der Waals surface area contributed by atoms with Crippen LogP contribution in [0, 0.1) is 2.88 Å². The van der Waals surface area contributed by atoms with Crippen molar-refractivity contribution in [3.05, 3.63) is 19.4 Å². The molecule has 0 spiro atoms. The van der Waals surface area contributed by atoms with Gasteiger partial charge in [0, 0.05) is 10.9 Å². The normalized spacial score (nSPS) is 20.8. The molecule has 0 radical (unpaired) electrons. The first kappa shape index (κ1) is 13.3. The summed E-state index contributed by atoms with van der Waals surface area (Å²) in [5, 5.41) is 3.37. The molecule has 0 aromatic carbocycles. The van der Waals surface area contributed by atoms with E-state index in [-0.39, 0.29) is 12.0 Å². The molecule has 0 saturated carbocycles. The van der Waals surface area contributed by atoms with Crippen molar-refractivity contribution in [1.82, 2.24) is 5.32 Å². The van der Waals surface area contributed by atoms with Crippen LogP contribution in [0.25, 0.3) is 0 Å². The number of carbonyl (C=O) groups is 1. The smallest absolute Gasteiger partial charge is 0.322 e. The van der Waals surface area contributed by atoms with Crippen molar-refractivity contribution < 1.29 is 9.53 Å². The minimum atomic E-state index is -0.242. The molecule has 1 heterocycles. The minimum Gasteiger partial charge on any atom is -0.468 e. The van der Waals surface area contributed by atoms with Crippen LogP contribution in [0.2, 0.25) is 0 Å². The highest BCUT2D eigenvalue weighted by molar-refractivity contribution is 14.1. The molecule has 1 aromatic heterocycles. The molecular formula is C12H16INO2S. The van der Waals surface area contributed by atoms with Gasteiger partial charge in [-0.2, -0.15) is 0 Å². The molecule has 1 aliphatic carbocycles. The molecule has 0 bridgehead atoms. The van der Waals surface area contributed by atoms with Crippen LogP contribution in [0.4, 0.5) is 0 Å². The molecule has 94 valence electrons. The predicted octanol–water partition coefficient (Wildman–Crippen LogP) is 2.88. The van der Waals surface area contributed by atoms with Gasteiger partial charge in [0.25, 0.3) is 0 Å². The lowest BCUT2D eigenvalue weighted by atomic mass is 9.93. The van der Waals surface area contributed by atoms with E-state index in [0.29, 0.717) is 6.04 Å². The van der Waals surface area contributed by atoms with Crippen LogP contribution in [0.3, 0.4) is 0 Å². The van der Waals surface area contributed by atoms with Gasteiger partial charge in [-0.05, 0) is 60.4 Å². The molecule has 2 atom stereocenters. The summed E-state index contributed by atoms with van der Waals surface area (Å²) in [5.74, 6) is -0.193. The van der Waals surface area contributed by atoms with Gasteiger partial charge in [0.15, 0.2) is 0 Å². The predicted molar refractivity (Wildman–Crippen MR) is 77.3 cm³/mol. The van der Waals surface area contributed by atoms with E-state index < -0.39 is 0 Å². The highest BCUT2D eigenvalue weighted by atomic mass is 127. The Bertz CT molecular complexity index is 419. The fourth-order valence-corrected chi connectivity index (χ4v) is 4.36. The first-order chi connectivity index (χ1) is 8.11. The summed E-state index contributed by atoms with van der Waals surface area (Å²) in [4.78, 5) is 12.9. The Morgan fingerprint density at radius 2 is 2.47 bits per heavy atom. The van der Waals surface area contributed by atoms with Gasteiger partial charge in [-0.15, -0.1) is 11.3 Å². The van der Waals surface area contributed by atoms with E-state index in [0.717, 1.165) is 6.42 Å². The number of hydrogen-bond donors (Lipinski definition) is 1. The van der Waals surface area contributed by atoms with Crippen LogP contribution in [0.5, 0.6) is 0 Å². The lowest BCUT2D eigenvalue weighted by molar-refractivity contribution is -0.142. The number of hydrogen-bond acceptors (Lipinski definition) is 4. The van der Waals surface area contributed by atoms with Gasteiger partial charge in [0.2, 0.25) is 0 Å². The lowest BCUT2D eigenvalue weighted by Gasteiger charge is -2.26. The Labute approximate surface area is 119 Å². The van der Waals surface area contributed by atoms with Crippen LogP contribution >= 0.6 is 33.9 Å². The van der Waals surface area contributed by atoms with Crippen LogP contribution in [-0.2, 0) is 16.0 Å². The molecule has 17 heavy (non-hydrogen) atoms. The number of fused-ring (bicyclic) bond motifs is 1. The molecule has 3 nitrogen and oxygen atoms in total. The number of carbonyl (C=O) groups excluding carboxylic acids is 1. The average Bonchev–Trinajstić information content (AvgIpc) is 2.69. The number of esters is 1. The second kappa shape index (κ2) is 5.67. The number of ether oxygens (including phenoxy) is 1. The van der Waals surface area contributed by atoms with Crippen molar-refractivity contribution in [1.29, 1.82) is 0 Å². The number of rotatable bonds is 3. The summed E-state index contributed by atoms with van der Waals surface area (Å²) in [6, 6.07) is 2.29. The van der Waals surface area contributed by atoms with E-state index >= 15 is 0 Å². The molecule has 5 heteroatoms. The number of thiophene rings is 1. The minimum absolute atomic E-state index is 0.193. The molecule has 0 aliphatic heterocycles. The topological polar surface area (TPSA) is 38.3 Å². The Balaban J connectivity index is 2.10. The van der Waals surface area contributed by atoms with Crippen molar-refractivity contribution in [2.45, 2.75) is 38.3 Å². The molecule has 0 amide bonds. The molecule has 0 fully saturated rings. The fourth-order valence-electron chi connectivity index (χ4n) is 2.24. The molecular weight excluding hydrogens is 349 g/mol. The van der Waals surface area contributed by atoms with E-state index in [1.165, 1.54) is 33.3 Å². The van der Waals surface area contributed by atoms with Gasteiger partial charge in [0.1, 0.15) is 6.04 Å². The van der Waals surface area contributed by atoms with Crippen molar-refractivity contribution in [2.75, 3.05) is 7.11 Å². The monoisotopic (exact) mass is 365 g/mol. The molecule has 1 unspecified atom stereocenters. The number of nitrogens with one attached hydrogen (secondary N) is 1. The number of halogens is 1. The summed E-state index contributed by atoms with van der Waals surface area (Å²) in [6.45, 7) is 1.86. The van der Waals surface area contributed by atoms with Crippen LogP contribution < -0.4 is 5.32 Å². The van der Waals surface area contributed by atoms with Crippen LogP contribution in [0.15, 0.2) is 6.07 Å². The third-order valence-corrected chi connectivity index (χ3v) is 5.06. The van der Waals surface area contributed by atoms with E-state index in [2.05, 4.69) is 34.0 Å². The fraction of sp³-hybridized carbons (Fsp3) is 0.583. The number of methoxy groups -OCH3 is 1. The summed E-state index contributed by atoms with van der Waals surface area (Å²) in [7, 11) is 1.43. The van der Waals surface area contributed by atoms with Gasteiger partial charge in [-0.25, -0.2) is 0 Å². The maximum atomic E-state index is 11.4. The zero-order valence-electron chi connectivity index (χ0n) is 9.96. The van der Waals surface area contributed by atoms with Crippen LogP contribution in [0.1, 0.15) is 36.2 Å². The van der Waals surface area contributed by atoms with Gasteiger partial charge in [-0.1, -0.05) is 0 Å². The van der Waals surface area contributed by atoms with Crippen molar-refractivity contribution in [3.63, 3.8) is 0 Å². The van der Waals surface area contributed by atoms with E-state index in [4.69, 9.17) is 4.74 Å². The largest absolute Gasteiger partial charge is 0.468 e. The van der Waals surface area contributed by atoms with E-state index in [1.54, 1.807) is 0 Å². The quantitative estimate of drug-likeness (QED) is 0.661. The van der Waals surface area contributed by atoms with Crippen molar-refractivity contribution >= 4 is 39.9 Å². The van der Waals surface area contributed by atoms with E-state index in [1.807, 2.05) is 18.3 Å². The SMILES string of the molecule is COC(=O)[C@H](C)NC1CCCc2sc(I)cc21. The molecule has 0 saturated heterocycles. The maximum Gasteiger partial charge on any atom is 0.322 e. The third kappa shape index (κ3) is 3.00. The molecule has 1 aromatic rings. The highest BCUT2D eigenvalue weighted by Gasteiger charge is 2.25. The molecule has 1 N–H and O–H groups in total. The summed E-state index contributed by atoms with van der Waals surface area (Å²) >= 11 is 4.23. The number of aryl methyl sites for hydroxylation is 1. The first-order valence-electron chi connectivity index (χ1n) is 5.73.